The van der Waals surface area contributed by atoms with E-state index in [1.807, 2.05) is 36.4 Å². The number of hydrogen-bond donors (Lipinski definition) is 1. The first-order valence-corrected chi connectivity index (χ1v) is 9.80. The van der Waals surface area contributed by atoms with Crippen LogP contribution in [0.25, 0.3) is 6.08 Å². The van der Waals surface area contributed by atoms with Gasteiger partial charge in [-0.1, -0.05) is 60.7 Å². The molecule has 2 aliphatic heterocycles. The maximum atomic E-state index is 12.3. The summed E-state index contributed by atoms with van der Waals surface area (Å²) < 4.78 is 0. The number of amidine groups is 1. The number of aliphatic imine (C=N–C) groups is 1. The van der Waals surface area contributed by atoms with E-state index >= 15 is 0 Å². The molecule has 0 radical (unpaired) electrons. The van der Waals surface area contributed by atoms with Gasteiger partial charge in [-0.25, -0.2) is 4.99 Å². The lowest BCUT2D eigenvalue weighted by molar-refractivity contribution is -0.917. The van der Waals surface area contributed by atoms with Gasteiger partial charge in [0, 0.05) is 5.56 Å². The SMILES string of the molecule is O=C1SC(N2CC[NH+](Cc3ccccc3)CC2)=N/C1=C/c1ccccc1. The minimum Gasteiger partial charge on any atom is -0.340 e. The summed E-state index contributed by atoms with van der Waals surface area (Å²) in [7, 11) is 0. The molecule has 5 heteroatoms. The highest BCUT2D eigenvalue weighted by Crippen LogP contribution is 2.27. The van der Waals surface area contributed by atoms with E-state index in [4.69, 9.17) is 0 Å². The monoisotopic (exact) mass is 364 g/mol. The number of carbonyl (C=O) groups is 1. The molecular formula is C21H22N3OS+. The minimum absolute atomic E-state index is 0.0444. The molecule has 0 spiro atoms. The summed E-state index contributed by atoms with van der Waals surface area (Å²) >= 11 is 1.26. The number of nitrogens with one attached hydrogen (secondary N) is 1. The van der Waals surface area contributed by atoms with Crippen LogP contribution in [0.2, 0.25) is 0 Å². The molecular weight excluding hydrogens is 342 g/mol. The molecule has 2 aliphatic rings. The zero-order valence-corrected chi connectivity index (χ0v) is 15.4. The quantitative estimate of drug-likeness (QED) is 0.847. The summed E-state index contributed by atoms with van der Waals surface area (Å²) in [5.41, 5.74) is 2.95. The molecule has 2 aromatic carbocycles. The van der Waals surface area contributed by atoms with Crippen molar-refractivity contribution in [1.29, 1.82) is 0 Å². The predicted molar refractivity (Wildman–Crippen MR) is 107 cm³/mol. The second-order valence-corrected chi connectivity index (χ2v) is 7.56. The first kappa shape index (κ1) is 17.1. The standard InChI is InChI=1S/C21H21N3OS/c25-20-19(15-17-7-3-1-4-8-17)22-21(26-20)24-13-11-23(12-14-24)16-18-9-5-2-6-10-18/h1-10,15H,11-14,16H2/p+1/b19-15+. The number of benzene rings is 2. The number of quaternary nitrogens is 1. The third kappa shape index (κ3) is 4.06. The molecule has 0 aliphatic carbocycles. The first-order chi connectivity index (χ1) is 12.8. The number of carbonyl (C=O) groups excluding carboxylic acids is 1. The fourth-order valence-corrected chi connectivity index (χ4v) is 4.15. The molecule has 1 saturated heterocycles. The van der Waals surface area contributed by atoms with Crippen LogP contribution >= 0.6 is 11.8 Å². The fourth-order valence-electron chi connectivity index (χ4n) is 3.32. The Hall–Kier alpha value is -2.37. The smallest absolute Gasteiger partial charge is 0.245 e. The number of nitrogens with zero attached hydrogens (tertiary/aromatic N) is 2. The Kier molecular flexibility index (Phi) is 5.18. The molecule has 4 nitrogen and oxygen atoms in total. The maximum Gasteiger partial charge on any atom is 0.245 e. The minimum atomic E-state index is 0.0444. The predicted octanol–water partition coefficient (Wildman–Crippen LogP) is 2.06. The zero-order chi connectivity index (χ0) is 17.8. The van der Waals surface area contributed by atoms with Gasteiger partial charge in [0.25, 0.3) is 0 Å². The van der Waals surface area contributed by atoms with Crippen molar-refractivity contribution in [3.63, 3.8) is 0 Å². The lowest BCUT2D eigenvalue weighted by atomic mass is 10.2. The Morgan fingerprint density at radius 1 is 1.00 bits per heavy atom. The Morgan fingerprint density at radius 3 is 2.35 bits per heavy atom. The lowest BCUT2D eigenvalue weighted by Gasteiger charge is -2.32. The topological polar surface area (TPSA) is 37.1 Å². The van der Waals surface area contributed by atoms with Crippen molar-refractivity contribution in [3.8, 4) is 0 Å². The number of rotatable bonds is 3. The van der Waals surface area contributed by atoms with E-state index in [9.17, 15) is 4.79 Å². The summed E-state index contributed by atoms with van der Waals surface area (Å²) in [6, 6.07) is 20.5. The van der Waals surface area contributed by atoms with Crippen molar-refractivity contribution in [2.45, 2.75) is 6.54 Å². The Labute approximate surface area is 158 Å². The van der Waals surface area contributed by atoms with Crippen LogP contribution in [0.1, 0.15) is 11.1 Å². The second kappa shape index (κ2) is 7.89. The number of hydrogen-bond acceptors (Lipinski definition) is 4. The van der Waals surface area contributed by atoms with Crippen LogP contribution in [0.5, 0.6) is 0 Å². The zero-order valence-electron chi connectivity index (χ0n) is 14.6. The Morgan fingerprint density at radius 2 is 1.65 bits per heavy atom. The maximum absolute atomic E-state index is 12.3. The third-order valence-corrected chi connectivity index (χ3v) is 5.68. The van der Waals surface area contributed by atoms with Gasteiger partial charge in [0.15, 0.2) is 5.17 Å². The van der Waals surface area contributed by atoms with Gasteiger partial charge in [-0.2, -0.15) is 0 Å². The van der Waals surface area contributed by atoms with Gasteiger partial charge in [0.2, 0.25) is 5.12 Å². The molecule has 1 N–H and O–H groups in total. The normalized spacial score (nSPS) is 19.8. The summed E-state index contributed by atoms with van der Waals surface area (Å²) in [6.07, 6.45) is 1.87. The van der Waals surface area contributed by atoms with E-state index in [0.29, 0.717) is 5.70 Å². The van der Waals surface area contributed by atoms with E-state index in [1.54, 1.807) is 4.90 Å². The highest BCUT2D eigenvalue weighted by Gasteiger charge is 2.29. The molecule has 2 aromatic rings. The van der Waals surface area contributed by atoms with Gasteiger partial charge in [-0.3, -0.25) is 4.79 Å². The van der Waals surface area contributed by atoms with Crippen molar-refractivity contribution in [2.24, 2.45) is 4.99 Å². The van der Waals surface area contributed by atoms with E-state index in [0.717, 1.165) is 43.5 Å². The highest BCUT2D eigenvalue weighted by molar-refractivity contribution is 8.27. The summed E-state index contributed by atoms with van der Waals surface area (Å²) in [6.45, 7) is 5.09. The summed E-state index contributed by atoms with van der Waals surface area (Å²) in [5.74, 6) is 0. The molecule has 4 rings (SSSR count). The van der Waals surface area contributed by atoms with Crippen molar-refractivity contribution in [3.05, 3.63) is 77.5 Å². The van der Waals surface area contributed by atoms with Crippen LogP contribution in [0, 0.1) is 0 Å². The van der Waals surface area contributed by atoms with Gasteiger partial charge in [0.05, 0.1) is 26.2 Å². The molecule has 2 heterocycles. The first-order valence-electron chi connectivity index (χ1n) is 8.98. The van der Waals surface area contributed by atoms with Crippen molar-refractivity contribution in [1.82, 2.24) is 4.90 Å². The average Bonchev–Trinajstić information content (AvgIpc) is 3.04. The van der Waals surface area contributed by atoms with Crippen LogP contribution in [-0.2, 0) is 11.3 Å². The summed E-state index contributed by atoms with van der Waals surface area (Å²) in [4.78, 5) is 20.7. The van der Waals surface area contributed by atoms with Crippen LogP contribution in [-0.4, -0.2) is 41.4 Å². The largest absolute Gasteiger partial charge is 0.340 e. The van der Waals surface area contributed by atoms with Gasteiger partial charge >= 0.3 is 0 Å². The van der Waals surface area contributed by atoms with Crippen molar-refractivity contribution < 1.29 is 9.69 Å². The van der Waals surface area contributed by atoms with Crippen LogP contribution < -0.4 is 4.90 Å². The average molecular weight is 364 g/mol. The van der Waals surface area contributed by atoms with E-state index < -0.39 is 0 Å². The van der Waals surface area contributed by atoms with Gasteiger partial charge < -0.3 is 9.80 Å². The molecule has 1 fully saturated rings. The van der Waals surface area contributed by atoms with Gasteiger partial charge in [-0.05, 0) is 23.4 Å². The Balaban J connectivity index is 1.38. The van der Waals surface area contributed by atoms with Gasteiger partial charge in [-0.15, -0.1) is 0 Å². The van der Waals surface area contributed by atoms with Crippen molar-refractivity contribution in [2.75, 3.05) is 26.2 Å². The van der Waals surface area contributed by atoms with Crippen LogP contribution in [0.15, 0.2) is 71.4 Å². The Bertz CT molecular complexity index is 825. The lowest BCUT2D eigenvalue weighted by Crippen LogP contribution is -3.13. The molecule has 0 unspecified atom stereocenters. The molecule has 0 amide bonds. The van der Waals surface area contributed by atoms with E-state index in [-0.39, 0.29) is 5.12 Å². The van der Waals surface area contributed by atoms with E-state index in [1.165, 1.54) is 17.3 Å². The molecule has 0 atom stereocenters. The molecule has 26 heavy (non-hydrogen) atoms. The van der Waals surface area contributed by atoms with Crippen LogP contribution in [0.3, 0.4) is 0 Å². The summed E-state index contributed by atoms with van der Waals surface area (Å²) in [5, 5.41) is 0.902. The van der Waals surface area contributed by atoms with Crippen LogP contribution in [0.4, 0.5) is 0 Å². The second-order valence-electron chi connectivity index (χ2n) is 6.62. The molecule has 0 aromatic heterocycles. The van der Waals surface area contributed by atoms with Crippen molar-refractivity contribution >= 4 is 28.1 Å². The highest BCUT2D eigenvalue weighted by atomic mass is 32.2. The van der Waals surface area contributed by atoms with Gasteiger partial charge in [0.1, 0.15) is 12.2 Å². The third-order valence-electron chi connectivity index (χ3n) is 4.75. The number of piperazine rings is 1. The fraction of sp³-hybridized carbons (Fsp3) is 0.238. The molecule has 132 valence electrons. The number of thioether (sulfide) groups is 1. The van der Waals surface area contributed by atoms with E-state index in [2.05, 4.69) is 40.2 Å². The molecule has 0 bridgehead atoms. The molecule has 0 saturated carbocycles.